The third-order valence-corrected chi connectivity index (χ3v) is 8.43. The van der Waals surface area contributed by atoms with E-state index in [4.69, 9.17) is 9.96 Å². The number of nitrogens with zero attached hydrogens (tertiary/aromatic N) is 3. The summed E-state index contributed by atoms with van der Waals surface area (Å²) < 4.78 is 6.49. The Balaban J connectivity index is 2.93. The van der Waals surface area contributed by atoms with E-state index in [1.54, 1.807) is 0 Å². The summed E-state index contributed by atoms with van der Waals surface area (Å²) >= 11 is 0. The van der Waals surface area contributed by atoms with Gasteiger partial charge in [-0.2, -0.15) is 0 Å². The molecule has 4 nitrogen and oxygen atoms in total. The average molecular weight is 318 g/mol. The van der Waals surface area contributed by atoms with Gasteiger partial charge in [0.1, 0.15) is 5.76 Å². The van der Waals surface area contributed by atoms with E-state index in [9.17, 15) is 0 Å². The summed E-state index contributed by atoms with van der Waals surface area (Å²) in [7, 11) is -1.88. The van der Waals surface area contributed by atoms with Crippen LogP contribution in [0.4, 0.5) is 0 Å². The fourth-order valence-electron chi connectivity index (χ4n) is 1.69. The van der Waals surface area contributed by atoms with Crippen molar-refractivity contribution in [2.24, 2.45) is 5.11 Å². The van der Waals surface area contributed by atoms with E-state index in [0.29, 0.717) is 6.54 Å². The van der Waals surface area contributed by atoms with Gasteiger partial charge in [0.05, 0.1) is 0 Å². The van der Waals surface area contributed by atoms with Crippen molar-refractivity contribution in [1.82, 2.24) is 0 Å². The maximum absolute atomic E-state index is 8.32. The topological polar surface area (TPSA) is 58.0 Å². The number of unbranched alkanes of at least 4 members (excludes halogenated alkanes) is 1. The minimum absolute atomic E-state index is 0.159. The fourth-order valence-corrected chi connectivity index (χ4v) is 2.75. The molecule has 0 amide bonds. The van der Waals surface area contributed by atoms with Crippen LogP contribution in [0.15, 0.2) is 41.5 Å². The van der Waals surface area contributed by atoms with Gasteiger partial charge in [-0.25, -0.2) is 0 Å². The van der Waals surface area contributed by atoms with Crippen LogP contribution in [0.1, 0.15) is 39.2 Å². The first-order valence-electron chi connectivity index (χ1n) is 7.73. The third-order valence-electron chi connectivity index (χ3n) is 4.08. The van der Waals surface area contributed by atoms with Crippen molar-refractivity contribution in [3.05, 3.63) is 52.4 Å². The molecular weight excluding hydrogens is 290 g/mol. The lowest BCUT2D eigenvalue weighted by Crippen LogP contribution is -2.40. The molecule has 1 aromatic carbocycles. The highest BCUT2D eigenvalue weighted by Crippen LogP contribution is 2.39. The van der Waals surface area contributed by atoms with Crippen LogP contribution in [0, 0.1) is 0 Å². The van der Waals surface area contributed by atoms with Crippen LogP contribution in [0.25, 0.3) is 16.2 Å². The molecule has 0 radical (unpaired) electrons. The van der Waals surface area contributed by atoms with Crippen molar-refractivity contribution in [1.29, 1.82) is 0 Å². The summed E-state index contributed by atoms with van der Waals surface area (Å²) in [6.07, 6.45) is 3.81. The predicted octanol–water partition coefficient (Wildman–Crippen LogP) is 6.14. The first kappa shape index (κ1) is 18.3. The van der Waals surface area contributed by atoms with Gasteiger partial charge < -0.3 is 4.43 Å². The predicted molar refractivity (Wildman–Crippen MR) is 95.9 cm³/mol. The first-order chi connectivity index (χ1) is 10.3. The molecule has 120 valence electrons. The monoisotopic (exact) mass is 317 g/mol. The number of allylic oxidation sites excluding steroid dienone is 1. The van der Waals surface area contributed by atoms with Crippen molar-refractivity contribution >= 4 is 14.1 Å². The van der Waals surface area contributed by atoms with Crippen LogP contribution in [-0.2, 0) is 4.43 Å². The Morgan fingerprint density at radius 3 is 2.45 bits per heavy atom. The maximum Gasteiger partial charge on any atom is 0.250 e. The van der Waals surface area contributed by atoms with Crippen molar-refractivity contribution in [3.63, 3.8) is 0 Å². The maximum atomic E-state index is 8.32. The molecule has 0 aliphatic heterocycles. The van der Waals surface area contributed by atoms with Crippen LogP contribution in [0.5, 0.6) is 0 Å². The van der Waals surface area contributed by atoms with Gasteiger partial charge in [0.25, 0.3) is 0 Å². The molecule has 0 aliphatic carbocycles. The molecule has 0 fully saturated rings. The number of rotatable bonds is 7. The highest BCUT2D eigenvalue weighted by Gasteiger charge is 2.39. The highest BCUT2D eigenvalue weighted by molar-refractivity contribution is 6.74. The third kappa shape index (κ3) is 5.58. The zero-order valence-corrected chi connectivity index (χ0v) is 15.3. The van der Waals surface area contributed by atoms with E-state index in [0.717, 1.165) is 24.2 Å². The minimum Gasteiger partial charge on any atom is -0.543 e. The number of benzene rings is 1. The first-order valence-corrected chi connectivity index (χ1v) is 10.6. The van der Waals surface area contributed by atoms with Gasteiger partial charge in [0.2, 0.25) is 8.32 Å². The van der Waals surface area contributed by atoms with E-state index >= 15 is 0 Å². The summed E-state index contributed by atoms with van der Waals surface area (Å²) in [5.74, 6) is 0.952. The highest BCUT2D eigenvalue weighted by atomic mass is 28.4. The van der Waals surface area contributed by atoms with Gasteiger partial charge in [0.15, 0.2) is 0 Å². The van der Waals surface area contributed by atoms with Gasteiger partial charge in [-0.05, 0) is 42.6 Å². The van der Waals surface area contributed by atoms with Gasteiger partial charge in [-0.3, -0.25) is 0 Å². The SMILES string of the molecule is CC(C)(C)[Si](C)(C)O/C(=C\CCCN=[N+]=[N-])c1ccccc1. The summed E-state index contributed by atoms with van der Waals surface area (Å²) in [5, 5.41) is 3.73. The second kappa shape index (κ2) is 8.06. The van der Waals surface area contributed by atoms with E-state index in [2.05, 4.69) is 62.1 Å². The number of hydrogen-bond donors (Lipinski definition) is 0. The van der Waals surface area contributed by atoms with E-state index in [1.807, 2.05) is 18.2 Å². The molecule has 1 rings (SSSR count). The summed E-state index contributed by atoms with van der Waals surface area (Å²) in [4.78, 5) is 2.78. The lowest BCUT2D eigenvalue weighted by Gasteiger charge is -2.37. The lowest BCUT2D eigenvalue weighted by molar-refractivity contribution is 0.456. The molecule has 0 N–H and O–H groups in total. The number of azide groups is 1. The Morgan fingerprint density at radius 1 is 1.27 bits per heavy atom. The van der Waals surface area contributed by atoms with Crippen LogP contribution < -0.4 is 0 Å². The summed E-state index contributed by atoms with van der Waals surface area (Å²) in [6, 6.07) is 10.2. The smallest absolute Gasteiger partial charge is 0.250 e. The Labute approximate surface area is 135 Å². The molecule has 0 spiro atoms. The summed E-state index contributed by atoms with van der Waals surface area (Å²) in [5.41, 5.74) is 9.43. The van der Waals surface area contributed by atoms with Crippen molar-refractivity contribution in [3.8, 4) is 0 Å². The van der Waals surface area contributed by atoms with E-state index in [1.165, 1.54) is 0 Å². The van der Waals surface area contributed by atoms with Gasteiger partial charge >= 0.3 is 0 Å². The fraction of sp³-hybridized carbons (Fsp3) is 0.529. The molecule has 0 aliphatic rings. The Morgan fingerprint density at radius 2 is 1.91 bits per heavy atom. The van der Waals surface area contributed by atoms with Crippen LogP contribution in [0.3, 0.4) is 0 Å². The number of hydrogen-bond acceptors (Lipinski definition) is 2. The average Bonchev–Trinajstić information content (AvgIpc) is 2.45. The molecular formula is C17H27N3OSi. The van der Waals surface area contributed by atoms with Crippen molar-refractivity contribution in [2.75, 3.05) is 6.54 Å². The largest absolute Gasteiger partial charge is 0.543 e. The Hall–Kier alpha value is -1.71. The normalized spacial score (nSPS) is 12.7. The zero-order valence-electron chi connectivity index (χ0n) is 14.3. The van der Waals surface area contributed by atoms with Crippen molar-refractivity contribution in [2.45, 2.75) is 51.7 Å². The molecule has 0 heterocycles. The van der Waals surface area contributed by atoms with Crippen molar-refractivity contribution < 1.29 is 4.43 Å². The Kier molecular flexibility index (Phi) is 6.72. The van der Waals surface area contributed by atoms with E-state index < -0.39 is 8.32 Å². The molecule has 0 bridgehead atoms. The van der Waals surface area contributed by atoms with Gasteiger partial charge in [-0.15, -0.1) is 0 Å². The van der Waals surface area contributed by atoms with Gasteiger partial charge in [-0.1, -0.05) is 56.2 Å². The quantitative estimate of drug-likeness (QED) is 0.149. The minimum atomic E-state index is -1.88. The van der Waals surface area contributed by atoms with Crippen LogP contribution in [-0.4, -0.2) is 14.9 Å². The summed E-state index contributed by atoms with van der Waals surface area (Å²) in [6.45, 7) is 11.7. The zero-order chi connectivity index (χ0) is 16.6. The molecule has 0 unspecified atom stereocenters. The molecule has 0 aromatic heterocycles. The van der Waals surface area contributed by atoms with E-state index in [-0.39, 0.29) is 5.04 Å². The second-order valence-electron chi connectivity index (χ2n) is 6.89. The standard InChI is InChI=1S/C17H27N3OSi/c1-17(2,3)22(4,5)21-16(13-9-10-14-19-20-18)15-11-7-6-8-12-15/h6-8,11-13H,9-10,14H2,1-5H3/b16-13-. The molecule has 0 saturated carbocycles. The van der Waals surface area contributed by atoms with Gasteiger partial charge in [0, 0.05) is 17.0 Å². The molecule has 5 heteroatoms. The van der Waals surface area contributed by atoms with Crippen LogP contribution >= 0.6 is 0 Å². The second-order valence-corrected chi connectivity index (χ2v) is 11.6. The lowest BCUT2D eigenvalue weighted by atomic mass is 10.1. The van der Waals surface area contributed by atoms with Crippen LogP contribution in [0.2, 0.25) is 18.1 Å². The molecule has 0 atom stereocenters. The molecule has 0 saturated heterocycles. The molecule has 22 heavy (non-hydrogen) atoms. The molecule has 1 aromatic rings. The Bertz CT molecular complexity index is 541.